The van der Waals surface area contributed by atoms with Gasteiger partial charge in [-0.1, -0.05) is 46.3 Å². The van der Waals surface area contributed by atoms with Crippen molar-refractivity contribution in [2.45, 2.75) is 13.3 Å². The van der Waals surface area contributed by atoms with Crippen LogP contribution in [0.2, 0.25) is 0 Å². The van der Waals surface area contributed by atoms with Crippen LogP contribution in [0.3, 0.4) is 0 Å². The zero-order valence-electron chi connectivity index (χ0n) is 13.8. The Bertz CT molecular complexity index is 864. The molecule has 126 valence electrons. The van der Waals surface area contributed by atoms with E-state index in [-0.39, 0.29) is 5.91 Å². The molecule has 0 saturated carbocycles. The molecule has 0 radical (unpaired) electrons. The molecule has 1 heterocycles. The molecular weight excluding hydrogens is 378 g/mol. The van der Waals surface area contributed by atoms with E-state index in [9.17, 15) is 4.79 Å². The largest absolute Gasteiger partial charge is 0.354 e. The number of carbonyl (C=O) groups excluding carboxylic acids is 1. The molecule has 3 rings (SSSR count). The second-order valence-corrected chi connectivity index (χ2v) is 6.59. The van der Waals surface area contributed by atoms with Crippen LogP contribution < -0.4 is 10.6 Å². The fourth-order valence-electron chi connectivity index (χ4n) is 2.40. The number of carbonyl (C=O) groups is 1. The van der Waals surface area contributed by atoms with Crippen LogP contribution in [-0.2, 0) is 11.2 Å². The van der Waals surface area contributed by atoms with E-state index in [0.717, 1.165) is 27.0 Å². The minimum absolute atomic E-state index is 0.0806. The average molecular weight is 396 g/mol. The van der Waals surface area contributed by atoms with Gasteiger partial charge in [0.25, 0.3) is 0 Å². The van der Waals surface area contributed by atoms with Crippen LogP contribution >= 0.6 is 15.9 Å². The number of amides is 1. The normalized spacial score (nSPS) is 10.3. The minimum atomic E-state index is -0.0806. The summed E-state index contributed by atoms with van der Waals surface area (Å²) in [5.41, 5.74) is 3.98. The lowest BCUT2D eigenvalue weighted by Gasteiger charge is -2.09. The van der Waals surface area contributed by atoms with E-state index in [1.807, 2.05) is 55.5 Å². The van der Waals surface area contributed by atoms with Gasteiger partial charge in [-0.25, -0.2) is 4.98 Å². The predicted octanol–water partition coefficient (Wildman–Crippen LogP) is 5.08. The summed E-state index contributed by atoms with van der Waals surface area (Å²) in [7, 11) is 0. The van der Waals surface area contributed by atoms with Crippen LogP contribution in [0.15, 0.2) is 71.3 Å². The lowest BCUT2D eigenvalue weighted by Crippen LogP contribution is -2.15. The van der Waals surface area contributed by atoms with Gasteiger partial charge in [0.1, 0.15) is 5.82 Å². The highest BCUT2D eigenvalue weighted by Gasteiger charge is 2.05. The summed E-state index contributed by atoms with van der Waals surface area (Å²) in [6.07, 6.45) is 2.04. The Kier molecular flexibility index (Phi) is 5.46. The molecule has 25 heavy (non-hydrogen) atoms. The summed E-state index contributed by atoms with van der Waals surface area (Å²) in [4.78, 5) is 16.3. The Morgan fingerprint density at radius 1 is 1.04 bits per heavy atom. The molecule has 0 unspecified atom stereocenters. The molecule has 3 aromatic rings. The maximum Gasteiger partial charge on any atom is 0.229 e. The zero-order valence-corrected chi connectivity index (χ0v) is 15.4. The quantitative estimate of drug-likeness (QED) is 0.633. The third-order valence-electron chi connectivity index (χ3n) is 3.69. The number of nitrogens with one attached hydrogen (secondary N) is 2. The van der Waals surface area contributed by atoms with Gasteiger partial charge in [-0.15, -0.1) is 0 Å². The van der Waals surface area contributed by atoms with E-state index in [1.165, 1.54) is 0 Å². The molecule has 0 fully saturated rings. The van der Waals surface area contributed by atoms with Gasteiger partial charge in [-0.3, -0.25) is 4.79 Å². The molecule has 0 aliphatic heterocycles. The minimum Gasteiger partial charge on any atom is -0.354 e. The molecule has 2 N–H and O–H groups in total. The van der Waals surface area contributed by atoms with Crippen molar-refractivity contribution in [3.8, 4) is 0 Å². The standard InChI is InChI=1S/C20H18BrN3O/c1-14-11-16(7-9-18(14)21)23-17-8-10-19(22-13-17)24-20(25)12-15-5-3-2-4-6-15/h2-11,13,23H,12H2,1H3,(H,22,24,25). The lowest BCUT2D eigenvalue weighted by atomic mass is 10.1. The zero-order chi connectivity index (χ0) is 17.6. The van der Waals surface area contributed by atoms with E-state index in [2.05, 4.69) is 37.6 Å². The van der Waals surface area contributed by atoms with Crippen LogP contribution in [-0.4, -0.2) is 10.9 Å². The highest BCUT2D eigenvalue weighted by molar-refractivity contribution is 9.10. The molecule has 0 spiro atoms. The number of pyridine rings is 1. The van der Waals surface area contributed by atoms with E-state index in [1.54, 1.807) is 12.3 Å². The van der Waals surface area contributed by atoms with Crippen LogP contribution in [0.25, 0.3) is 0 Å². The Morgan fingerprint density at radius 2 is 1.80 bits per heavy atom. The molecule has 1 aromatic heterocycles. The molecule has 0 atom stereocenters. The fraction of sp³-hybridized carbons (Fsp3) is 0.100. The third-order valence-corrected chi connectivity index (χ3v) is 4.57. The number of aromatic nitrogens is 1. The predicted molar refractivity (Wildman–Crippen MR) is 105 cm³/mol. The molecule has 5 heteroatoms. The van der Waals surface area contributed by atoms with Gasteiger partial charge in [0.05, 0.1) is 18.3 Å². The first-order valence-electron chi connectivity index (χ1n) is 7.93. The van der Waals surface area contributed by atoms with Crippen molar-refractivity contribution in [3.63, 3.8) is 0 Å². The maximum atomic E-state index is 12.1. The van der Waals surface area contributed by atoms with Gasteiger partial charge in [-0.05, 0) is 48.4 Å². The summed E-state index contributed by atoms with van der Waals surface area (Å²) in [5, 5.41) is 6.11. The Balaban J connectivity index is 1.60. The smallest absolute Gasteiger partial charge is 0.229 e. The summed E-state index contributed by atoms with van der Waals surface area (Å²) in [6, 6.07) is 19.4. The SMILES string of the molecule is Cc1cc(Nc2ccc(NC(=O)Cc3ccccc3)nc2)ccc1Br. The van der Waals surface area contributed by atoms with Crippen LogP contribution in [0.1, 0.15) is 11.1 Å². The van der Waals surface area contributed by atoms with Crippen molar-refractivity contribution in [2.75, 3.05) is 10.6 Å². The van der Waals surface area contributed by atoms with Crippen molar-refractivity contribution in [1.29, 1.82) is 0 Å². The van der Waals surface area contributed by atoms with Crippen LogP contribution in [0.4, 0.5) is 17.2 Å². The summed E-state index contributed by atoms with van der Waals surface area (Å²) >= 11 is 3.49. The molecule has 2 aromatic carbocycles. The second-order valence-electron chi connectivity index (χ2n) is 5.73. The summed E-state index contributed by atoms with van der Waals surface area (Å²) < 4.78 is 1.08. The summed E-state index contributed by atoms with van der Waals surface area (Å²) in [6.45, 7) is 2.04. The monoisotopic (exact) mass is 395 g/mol. The molecule has 0 aliphatic rings. The van der Waals surface area contributed by atoms with E-state index in [4.69, 9.17) is 0 Å². The maximum absolute atomic E-state index is 12.1. The number of hydrogen-bond donors (Lipinski definition) is 2. The van der Waals surface area contributed by atoms with E-state index < -0.39 is 0 Å². The average Bonchev–Trinajstić information content (AvgIpc) is 2.61. The number of aryl methyl sites for hydroxylation is 1. The van der Waals surface area contributed by atoms with Crippen molar-refractivity contribution >= 4 is 39.0 Å². The number of benzene rings is 2. The van der Waals surface area contributed by atoms with E-state index >= 15 is 0 Å². The third kappa shape index (κ3) is 4.90. The Labute approximate surface area is 155 Å². The second kappa shape index (κ2) is 7.94. The Morgan fingerprint density at radius 3 is 2.48 bits per heavy atom. The molecule has 1 amide bonds. The van der Waals surface area contributed by atoms with Gasteiger partial charge in [-0.2, -0.15) is 0 Å². The molecule has 0 aliphatic carbocycles. The number of halogens is 1. The number of hydrogen-bond acceptors (Lipinski definition) is 3. The van der Waals surface area contributed by atoms with Crippen molar-refractivity contribution in [3.05, 3.63) is 82.5 Å². The summed E-state index contributed by atoms with van der Waals surface area (Å²) in [5.74, 6) is 0.460. The van der Waals surface area contributed by atoms with Crippen LogP contribution in [0.5, 0.6) is 0 Å². The first-order chi connectivity index (χ1) is 12.1. The molecular formula is C20H18BrN3O. The highest BCUT2D eigenvalue weighted by atomic mass is 79.9. The van der Waals surface area contributed by atoms with E-state index in [0.29, 0.717) is 12.2 Å². The number of rotatable bonds is 5. The van der Waals surface area contributed by atoms with Crippen molar-refractivity contribution < 1.29 is 4.79 Å². The molecule has 0 bridgehead atoms. The van der Waals surface area contributed by atoms with Crippen molar-refractivity contribution in [2.24, 2.45) is 0 Å². The first-order valence-corrected chi connectivity index (χ1v) is 8.72. The lowest BCUT2D eigenvalue weighted by molar-refractivity contribution is -0.115. The van der Waals surface area contributed by atoms with Gasteiger partial charge in [0.15, 0.2) is 0 Å². The van der Waals surface area contributed by atoms with Gasteiger partial charge in [0.2, 0.25) is 5.91 Å². The fourth-order valence-corrected chi connectivity index (χ4v) is 2.65. The van der Waals surface area contributed by atoms with Gasteiger partial charge >= 0.3 is 0 Å². The topological polar surface area (TPSA) is 54.0 Å². The van der Waals surface area contributed by atoms with Crippen LogP contribution in [0, 0.1) is 6.92 Å². The Hall–Kier alpha value is -2.66. The number of anilines is 3. The molecule has 0 saturated heterocycles. The number of nitrogens with zero attached hydrogens (tertiary/aromatic N) is 1. The van der Waals surface area contributed by atoms with Gasteiger partial charge in [0, 0.05) is 10.2 Å². The van der Waals surface area contributed by atoms with Gasteiger partial charge < -0.3 is 10.6 Å². The first kappa shape index (κ1) is 17.2. The highest BCUT2D eigenvalue weighted by Crippen LogP contribution is 2.23. The van der Waals surface area contributed by atoms with Crippen molar-refractivity contribution in [1.82, 2.24) is 4.98 Å². The molecule has 4 nitrogen and oxygen atoms in total.